The normalized spacial score (nSPS) is 11.4. The first kappa shape index (κ1) is 15.1. The highest BCUT2D eigenvalue weighted by Gasteiger charge is 2.15. The number of benzene rings is 2. The van der Waals surface area contributed by atoms with E-state index in [-0.39, 0.29) is 11.4 Å². The third-order valence-electron chi connectivity index (χ3n) is 2.62. The van der Waals surface area contributed by atoms with E-state index in [2.05, 4.69) is 4.72 Å². The molecule has 0 atom stereocenters. The Kier molecular flexibility index (Phi) is 4.49. The molecule has 20 heavy (non-hydrogen) atoms. The Labute approximate surface area is 128 Å². The van der Waals surface area contributed by atoms with Gasteiger partial charge in [0.1, 0.15) is 0 Å². The minimum atomic E-state index is -3.68. The van der Waals surface area contributed by atoms with Gasteiger partial charge < -0.3 is 5.73 Å². The maximum absolute atomic E-state index is 12.2. The van der Waals surface area contributed by atoms with Gasteiger partial charge in [-0.2, -0.15) is 0 Å². The molecule has 7 heteroatoms. The Balaban J connectivity index is 2.22. The average molecular weight is 328 g/mol. The minimum Gasteiger partial charge on any atom is -0.399 e. The molecule has 0 spiro atoms. The van der Waals surface area contributed by atoms with Gasteiger partial charge in [-0.1, -0.05) is 42.4 Å². The number of nitrogens with one attached hydrogen (secondary N) is 1. The van der Waals surface area contributed by atoms with Crippen molar-refractivity contribution >= 4 is 39.9 Å². The van der Waals surface area contributed by atoms with Crippen LogP contribution in [0.1, 0.15) is 5.56 Å². The zero-order valence-electron chi connectivity index (χ0n) is 10.3. The summed E-state index contributed by atoms with van der Waals surface area (Å²) in [5, 5.41) is 0.506. The van der Waals surface area contributed by atoms with Crippen LogP contribution in [0.5, 0.6) is 0 Å². The van der Waals surface area contributed by atoms with Crippen molar-refractivity contribution in [1.29, 1.82) is 0 Å². The molecule has 4 nitrogen and oxygen atoms in total. The average Bonchev–Trinajstić information content (AvgIpc) is 2.37. The van der Waals surface area contributed by atoms with E-state index >= 15 is 0 Å². The van der Waals surface area contributed by atoms with Gasteiger partial charge in [0.2, 0.25) is 10.0 Å². The van der Waals surface area contributed by atoms with E-state index in [1.165, 1.54) is 18.2 Å². The summed E-state index contributed by atoms with van der Waals surface area (Å²) in [7, 11) is -3.68. The molecule has 0 heterocycles. The van der Waals surface area contributed by atoms with Crippen molar-refractivity contribution in [3.05, 3.63) is 53.1 Å². The molecule has 0 saturated carbocycles. The van der Waals surface area contributed by atoms with E-state index in [0.29, 0.717) is 21.2 Å². The van der Waals surface area contributed by atoms with Crippen molar-refractivity contribution in [3.8, 4) is 0 Å². The Bertz CT molecular complexity index is 713. The second-order valence-electron chi connectivity index (χ2n) is 4.15. The Morgan fingerprint density at radius 2 is 1.90 bits per heavy atom. The lowest BCUT2D eigenvalue weighted by atomic mass is 10.2. The van der Waals surface area contributed by atoms with Crippen LogP contribution in [-0.4, -0.2) is 8.42 Å². The van der Waals surface area contributed by atoms with Crippen LogP contribution in [0.2, 0.25) is 5.02 Å². The molecule has 3 N–H and O–H groups in total. The van der Waals surface area contributed by atoms with Crippen LogP contribution >= 0.6 is 24.2 Å². The van der Waals surface area contributed by atoms with E-state index in [4.69, 9.17) is 30.0 Å². The van der Waals surface area contributed by atoms with E-state index in [9.17, 15) is 8.42 Å². The molecule has 2 aromatic rings. The molecule has 0 aliphatic carbocycles. The van der Waals surface area contributed by atoms with Gasteiger partial charge in [0, 0.05) is 22.2 Å². The van der Waals surface area contributed by atoms with Gasteiger partial charge in [0.25, 0.3) is 0 Å². The molecule has 0 unspecified atom stereocenters. The smallest absolute Gasteiger partial charge is 0.240 e. The SMILES string of the molecule is Nc1cc([S])cc(S(=O)(=O)NCc2ccccc2Cl)c1. The van der Waals surface area contributed by atoms with Gasteiger partial charge in [0.15, 0.2) is 0 Å². The number of nitrogen functional groups attached to an aromatic ring is 1. The third kappa shape index (κ3) is 3.61. The maximum atomic E-state index is 12.2. The molecule has 2 aromatic carbocycles. The first-order chi connectivity index (χ1) is 9.38. The van der Waals surface area contributed by atoms with Crippen molar-refractivity contribution in [2.75, 3.05) is 5.73 Å². The summed E-state index contributed by atoms with van der Waals surface area (Å²) in [6.07, 6.45) is 0. The second-order valence-corrected chi connectivity index (χ2v) is 6.80. The highest BCUT2D eigenvalue weighted by atomic mass is 35.5. The fourth-order valence-corrected chi connectivity index (χ4v) is 3.27. The fourth-order valence-electron chi connectivity index (χ4n) is 1.65. The van der Waals surface area contributed by atoms with Crippen molar-refractivity contribution in [3.63, 3.8) is 0 Å². The summed E-state index contributed by atoms with van der Waals surface area (Å²) in [4.78, 5) is 0.428. The lowest BCUT2D eigenvalue weighted by Crippen LogP contribution is -2.23. The molecule has 0 aliphatic rings. The van der Waals surface area contributed by atoms with Crippen LogP contribution in [0.25, 0.3) is 0 Å². The van der Waals surface area contributed by atoms with Gasteiger partial charge in [0.05, 0.1) is 4.90 Å². The van der Waals surface area contributed by atoms with Gasteiger partial charge in [-0.05, 0) is 29.8 Å². The van der Waals surface area contributed by atoms with Crippen LogP contribution in [0, 0.1) is 0 Å². The van der Waals surface area contributed by atoms with Crippen molar-refractivity contribution < 1.29 is 8.42 Å². The van der Waals surface area contributed by atoms with Crippen LogP contribution in [-0.2, 0) is 16.6 Å². The third-order valence-corrected chi connectivity index (χ3v) is 4.61. The summed E-state index contributed by atoms with van der Waals surface area (Å²) < 4.78 is 26.8. The second kappa shape index (κ2) is 5.97. The highest BCUT2D eigenvalue weighted by Crippen LogP contribution is 2.20. The van der Waals surface area contributed by atoms with Crippen LogP contribution < -0.4 is 10.5 Å². The molecule has 0 fully saturated rings. The number of rotatable bonds is 4. The number of anilines is 1. The predicted molar refractivity (Wildman–Crippen MR) is 82.2 cm³/mol. The largest absolute Gasteiger partial charge is 0.399 e. The van der Waals surface area contributed by atoms with Crippen molar-refractivity contribution in [1.82, 2.24) is 4.72 Å². The molecule has 0 aliphatic heterocycles. The summed E-state index contributed by atoms with van der Waals surface area (Å²) in [6, 6.07) is 11.3. The lowest BCUT2D eigenvalue weighted by molar-refractivity contribution is 0.581. The monoisotopic (exact) mass is 327 g/mol. The summed E-state index contributed by atoms with van der Waals surface area (Å²) in [5.74, 6) is 0. The highest BCUT2D eigenvalue weighted by molar-refractivity contribution is 7.89. The number of halogens is 1. The van der Waals surface area contributed by atoms with Crippen LogP contribution in [0.15, 0.2) is 52.3 Å². The first-order valence-corrected chi connectivity index (χ1v) is 7.96. The number of sulfonamides is 1. The molecule has 0 saturated heterocycles. The Hall–Kier alpha value is -1.34. The molecule has 0 aromatic heterocycles. The first-order valence-electron chi connectivity index (χ1n) is 5.69. The topological polar surface area (TPSA) is 72.2 Å². The molecular weight excluding hydrogens is 316 g/mol. The van der Waals surface area contributed by atoms with E-state index in [1.54, 1.807) is 24.3 Å². The van der Waals surface area contributed by atoms with E-state index in [0.717, 1.165) is 0 Å². The molecule has 0 amide bonds. The molecule has 2 rings (SSSR count). The summed E-state index contributed by atoms with van der Waals surface area (Å²) >= 11 is 10.9. The number of hydrogen-bond acceptors (Lipinski definition) is 3. The molecule has 0 bridgehead atoms. The Morgan fingerprint density at radius 1 is 1.20 bits per heavy atom. The molecule has 105 valence electrons. The van der Waals surface area contributed by atoms with Gasteiger partial charge in [-0.25, -0.2) is 13.1 Å². The summed E-state index contributed by atoms with van der Waals surface area (Å²) in [5.41, 5.74) is 6.62. The predicted octanol–water partition coefficient (Wildman–Crippen LogP) is 2.96. The molecule has 1 radical (unpaired) electrons. The van der Waals surface area contributed by atoms with Gasteiger partial charge >= 0.3 is 0 Å². The fraction of sp³-hybridized carbons (Fsp3) is 0.0769. The minimum absolute atomic E-state index is 0.0505. The number of hydrogen-bond donors (Lipinski definition) is 2. The van der Waals surface area contributed by atoms with Crippen molar-refractivity contribution in [2.45, 2.75) is 16.3 Å². The summed E-state index contributed by atoms with van der Waals surface area (Å²) in [6.45, 7) is 0.101. The zero-order chi connectivity index (χ0) is 14.8. The number of nitrogens with two attached hydrogens (primary N) is 1. The van der Waals surface area contributed by atoms with Crippen LogP contribution in [0.4, 0.5) is 5.69 Å². The zero-order valence-corrected chi connectivity index (χ0v) is 12.7. The van der Waals surface area contributed by atoms with Crippen LogP contribution in [0.3, 0.4) is 0 Å². The van der Waals surface area contributed by atoms with Gasteiger partial charge in [-0.15, -0.1) is 0 Å². The standard InChI is InChI=1S/C13H12ClN2O2S2/c14-13-4-2-1-3-9(13)8-16-20(17,18)12-6-10(15)5-11(19)7-12/h1-7,16H,8,15H2. The van der Waals surface area contributed by atoms with E-state index in [1.807, 2.05) is 0 Å². The quantitative estimate of drug-likeness (QED) is 0.848. The van der Waals surface area contributed by atoms with E-state index < -0.39 is 10.0 Å². The maximum Gasteiger partial charge on any atom is 0.240 e. The lowest BCUT2D eigenvalue weighted by Gasteiger charge is -2.09. The van der Waals surface area contributed by atoms with Gasteiger partial charge in [-0.3, -0.25) is 0 Å². The Morgan fingerprint density at radius 3 is 2.55 bits per heavy atom. The van der Waals surface area contributed by atoms with Crippen molar-refractivity contribution in [2.24, 2.45) is 0 Å². The molecular formula is C13H12ClN2O2S2.